The van der Waals surface area contributed by atoms with Gasteiger partial charge in [0.1, 0.15) is 18.3 Å². The van der Waals surface area contributed by atoms with Crippen molar-refractivity contribution in [3.63, 3.8) is 0 Å². The van der Waals surface area contributed by atoms with Gasteiger partial charge in [-0.3, -0.25) is 13.9 Å². The van der Waals surface area contributed by atoms with E-state index in [1.807, 2.05) is 26.0 Å². The van der Waals surface area contributed by atoms with Crippen LogP contribution < -0.4 is 14.4 Å². The lowest BCUT2D eigenvalue weighted by atomic mass is 9.95. The van der Waals surface area contributed by atoms with Gasteiger partial charge in [-0.15, -0.1) is 0 Å². The molecule has 0 saturated heterocycles. The first-order valence-electron chi connectivity index (χ1n) is 14.7. The second kappa shape index (κ2) is 14.8. The van der Waals surface area contributed by atoms with Crippen molar-refractivity contribution >= 4 is 39.1 Å². The van der Waals surface area contributed by atoms with Crippen LogP contribution in [0.1, 0.15) is 56.6 Å². The van der Waals surface area contributed by atoms with Gasteiger partial charge in [-0.1, -0.05) is 67.6 Å². The van der Waals surface area contributed by atoms with Crippen LogP contribution in [-0.2, 0) is 26.2 Å². The molecule has 2 amide bonds. The fraction of sp³-hybridized carbons (Fsp3) is 0.394. The van der Waals surface area contributed by atoms with Crippen molar-refractivity contribution in [1.29, 1.82) is 0 Å². The third kappa shape index (κ3) is 8.30. The zero-order chi connectivity index (χ0) is 31.0. The van der Waals surface area contributed by atoms with E-state index in [0.29, 0.717) is 22.9 Å². The smallest absolute Gasteiger partial charge is 0.264 e. The number of nitrogens with one attached hydrogen (secondary N) is 1. The quantitative estimate of drug-likeness (QED) is 0.262. The second-order valence-corrected chi connectivity index (χ2v) is 13.2. The zero-order valence-corrected chi connectivity index (χ0v) is 26.5. The molecule has 0 aliphatic heterocycles. The largest absolute Gasteiger partial charge is 0.497 e. The molecule has 1 fully saturated rings. The molecule has 1 N–H and O–H groups in total. The molecule has 8 nitrogen and oxygen atoms in total. The van der Waals surface area contributed by atoms with Gasteiger partial charge in [0.2, 0.25) is 11.8 Å². The summed E-state index contributed by atoms with van der Waals surface area (Å²) in [6.45, 7) is 3.36. The number of aryl methyl sites for hydroxylation is 1. The Labute approximate surface area is 260 Å². The molecule has 4 rings (SSSR count). The number of benzene rings is 3. The van der Waals surface area contributed by atoms with Crippen molar-refractivity contribution in [2.24, 2.45) is 0 Å². The van der Waals surface area contributed by atoms with Crippen LogP contribution in [0.25, 0.3) is 0 Å². The van der Waals surface area contributed by atoms with Crippen molar-refractivity contribution in [1.82, 2.24) is 10.2 Å². The van der Waals surface area contributed by atoms with Gasteiger partial charge in [-0.25, -0.2) is 8.42 Å². The van der Waals surface area contributed by atoms with E-state index in [1.165, 1.54) is 17.0 Å². The number of halogens is 1. The molecule has 0 aromatic heterocycles. The Morgan fingerprint density at radius 1 is 0.953 bits per heavy atom. The number of amides is 2. The van der Waals surface area contributed by atoms with Crippen LogP contribution in [-0.4, -0.2) is 50.9 Å². The Balaban J connectivity index is 1.70. The molecule has 3 aromatic carbocycles. The highest BCUT2D eigenvalue weighted by molar-refractivity contribution is 7.92. The summed E-state index contributed by atoms with van der Waals surface area (Å²) < 4.78 is 34.3. The Morgan fingerprint density at radius 2 is 1.58 bits per heavy atom. The van der Waals surface area contributed by atoms with Crippen LogP contribution in [0.5, 0.6) is 5.75 Å². The van der Waals surface area contributed by atoms with E-state index in [0.717, 1.165) is 47.5 Å². The van der Waals surface area contributed by atoms with Crippen molar-refractivity contribution in [2.75, 3.05) is 18.0 Å². The summed E-state index contributed by atoms with van der Waals surface area (Å²) in [5, 5.41) is 3.60. The summed E-state index contributed by atoms with van der Waals surface area (Å²) in [4.78, 5) is 29.4. The van der Waals surface area contributed by atoms with E-state index >= 15 is 0 Å². The van der Waals surface area contributed by atoms with Crippen LogP contribution in [0, 0.1) is 6.92 Å². The molecule has 230 valence electrons. The molecule has 1 unspecified atom stereocenters. The van der Waals surface area contributed by atoms with E-state index in [2.05, 4.69) is 5.32 Å². The highest BCUT2D eigenvalue weighted by Crippen LogP contribution is 2.27. The molecule has 0 heterocycles. The molecule has 1 aliphatic rings. The normalized spacial score (nSPS) is 14.5. The topological polar surface area (TPSA) is 96.0 Å². The molecule has 1 atom stereocenters. The minimum absolute atomic E-state index is 0.0598. The fourth-order valence-corrected chi connectivity index (χ4v) is 6.91. The van der Waals surface area contributed by atoms with Gasteiger partial charge in [0.25, 0.3) is 10.0 Å². The number of hydrogen-bond donors (Lipinski definition) is 1. The number of sulfonamides is 1. The van der Waals surface area contributed by atoms with Gasteiger partial charge >= 0.3 is 0 Å². The lowest BCUT2D eigenvalue weighted by Gasteiger charge is -2.34. The molecule has 1 saturated carbocycles. The number of rotatable bonds is 12. The maximum Gasteiger partial charge on any atom is 0.264 e. The van der Waals surface area contributed by atoms with Gasteiger partial charge < -0.3 is 15.0 Å². The Bertz CT molecular complexity index is 1470. The van der Waals surface area contributed by atoms with E-state index in [1.54, 1.807) is 55.6 Å². The molecule has 3 aromatic rings. The summed E-state index contributed by atoms with van der Waals surface area (Å²) in [5.41, 5.74) is 1.99. The molecule has 0 bridgehead atoms. The number of carbonyl (C=O) groups excluding carboxylic acids is 2. The van der Waals surface area contributed by atoms with Crippen molar-refractivity contribution < 1.29 is 22.7 Å². The summed E-state index contributed by atoms with van der Waals surface area (Å²) >= 11 is 6.11. The lowest BCUT2D eigenvalue weighted by molar-refractivity contribution is -0.140. The van der Waals surface area contributed by atoms with Crippen LogP contribution in [0.2, 0.25) is 5.02 Å². The minimum Gasteiger partial charge on any atom is -0.497 e. The van der Waals surface area contributed by atoms with E-state index in [9.17, 15) is 18.0 Å². The van der Waals surface area contributed by atoms with Crippen molar-refractivity contribution in [3.05, 3.63) is 88.9 Å². The third-order valence-electron chi connectivity index (χ3n) is 7.85. The van der Waals surface area contributed by atoms with Gasteiger partial charge in [0.15, 0.2) is 0 Å². The Kier molecular flexibility index (Phi) is 11.1. The summed E-state index contributed by atoms with van der Waals surface area (Å²) in [6.07, 6.45) is 5.46. The summed E-state index contributed by atoms with van der Waals surface area (Å²) in [7, 11) is -2.57. The second-order valence-electron chi connectivity index (χ2n) is 10.9. The maximum absolute atomic E-state index is 14.2. The van der Waals surface area contributed by atoms with E-state index < -0.39 is 28.5 Å². The van der Waals surface area contributed by atoms with Gasteiger partial charge in [-0.05, 0) is 80.3 Å². The molecular formula is C33H40ClN3O5S. The van der Waals surface area contributed by atoms with Crippen LogP contribution in [0.4, 0.5) is 5.69 Å². The molecule has 43 heavy (non-hydrogen) atoms. The van der Waals surface area contributed by atoms with Crippen LogP contribution in [0.15, 0.2) is 77.7 Å². The summed E-state index contributed by atoms with van der Waals surface area (Å²) in [6, 6.07) is 19.3. The average Bonchev–Trinajstić information content (AvgIpc) is 3.01. The Hall–Kier alpha value is -3.56. The number of methoxy groups -OCH3 is 1. The molecule has 10 heteroatoms. The van der Waals surface area contributed by atoms with Crippen molar-refractivity contribution in [3.8, 4) is 5.75 Å². The number of hydrogen-bond acceptors (Lipinski definition) is 5. The average molecular weight is 626 g/mol. The summed E-state index contributed by atoms with van der Waals surface area (Å²) in [5.74, 6) is -0.0513. The standard InChI is InChI=1S/C33H40ClN3O5S/c1-4-31(33(39)35-27-8-6-5-7-9-27)36(22-25-12-18-29(42-3)19-13-25)32(38)23-37(28-16-14-26(34)15-17-28)43(40,41)30-20-10-24(2)11-21-30/h10-21,27,31H,4-9,22-23H2,1-3H3,(H,35,39). The molecule has 1 aliphatic carbocycles. The fourth-order valence-electron chi connectivity index (χ4n) is 5.36. The first-order chi connectivity index (χ1) is 20.6. The first kappa shape index (κ1) is 32.4. The first-order valence-corrected chi connectivity index (χ1v) is 16.5. The SMILES string of the molecule is CCC(C(=O)NC1CCCCC1)N(Cc1ccc(OC)cc1)C(=O)CN(c1ccc(Cl)cc1)S(=O)(=O)c1ccc(C)cc1. The third-order valence-corrected chi connectivity index (χ3v) is 9.89. The van der Waals surface area contributed by atoms with Crippen LogP contribution >= 0.6 is 11.6 Å². The van der Waals surface area contributed by atoms with Gasteiger partial charge in [0.05, 0.1) is 17.7 Å². The minimum atomic E-state index is -4.14. The highest BCUT2D eigenvalue weighted by Gasteiger charge is 2.34. The van der Waals surface area contributed by atoms with Crippen molar-refractivity contribution in [2.45, 2.75) is 75.9 Å². The van der Waals surface area contributed by atoms with Crippen LogP contribution in [0.3, 0.4) is 0 Å². The Morgan fingerprint density at radius 3 is 2.16 bits per heavy atom. The predicted octanol–water partition coefficient (Wildman–Crippen LogP) is 6.11. The zero-order valence-electron chi connectivity index (χ0n) is 25.0. The van der Waals surface area contributed by atoms with E-state index in [4.69, 9.17) is 16.3 Å². The maximum atomic E-state index is 14.2. The number of anilines is 1. The highest BCUT2D eigenvalue weighted by atomic mass is 35.5. The molecular weight excluding hydrogens is 586 g/mol. The predicted molar refractivity (Wildman–Crippen MR) is 170 cm³/mol. The monoisotopic (exact) mass is 625 g/mol. The van der Waals surface area contributed by atoms with Gasteiger partial charge in [-0.2, -0.15) is 0 Å². The number of nitrogens with zero attached hydrogens (tertiary/aromatic N) is 2. The lowest BCUT2D eigenvalue weighted by Crippen LogP contribution is -2.54. The molecule has 0 radical (unpaired) electrons. The molecule has 0 spiro atoms. The van der Waals surface area contributed by atoms with E-state index in [-0.39, 0.29) is 23.4 Å². The number of ether oxygens (including phenoxy) is 1. The van der Waals surface area contributed by atoms with Gasteiger partial charge in [0, 0.05) is 17.6 Å². The number of carbonyl (C=O) groups is 2.